The van der Waals surface area contributed by atoms with Crippen LogP contribution in [0.5, 0.6) is 17.2 Å². The van der Waals surface area contributed by atoms with Crippen LogP contribution in [0.4, 0.5) is 0 Å². The monoisotopic (exact) mass is 483 g/mol. The van der Waals surface area contributed by atoms with Crippen LogP contribution in [0.2, 0.25) is 0 Å². The van der Waals surface area contributed by atoms with Gasteiger partial charge in [-0.3, -0.25) is 0 Å². The Hall–Kier alpha value is -1.47. The van der Waals surface area contributed by atoms with E-state index >= 15 is 0 Å². The standard InChI is InChI=1S/C22H30INO3/c1-16(6-8-18-15-19(25-3)9-10-20(18)23)24(2)13-12-17-7-11-21(26-4)22(14-17)27-5/h7,9-11,14-16H,6,8,12-13H2,1-5H3. The maximum Gasteiger partial charge on any atom is 0.160 e. The van der Waals surface area contributed by atoms with Crippen molar-refractivity contribution in [2.75, 3.05) is 34.9 Å². The molecule has 2 aromatic rings. The highest BCUT2D eigenvalue weighted by molar-refractivity contribution is 14.1. The summed E-state index contributed by atoms with van der Waals surface area (Å²) < 4.78 is 17.4. The second-order valence-corrected chi connectivity index (χ2v) is 7.93. The SMILES string of the molecule is COc1ccc(I)c(CCC(C)N(C)CCc2ccc(OC)c(OC)c2)c1. The summed E-state index contributed by atoms with van der Waals surface area (Å²) in [6.45, 7) is 3.30. The highest BCUT2D eigenvalue weighted by Gasteiger charge is 2.12. The molecule has 0 saturated heterocycles. The van der Waals surface area contributed by atoms with Crippen LogP contribution in [0.1, 0.15) is 24.5 Å². The lowest BCUT2D eigenvalue weighted by molar-refractivity contribution is 0.249. The smallest absolute Gasteiger partial charge is 0.160 e. The third kappa shape index (κ3) is 6.28. The number of benzene rings is 2. The van der Waals surface area contributed by atoms with Crippen LogP contribution in [0.25, 0.3) is 0 Å². The lowest BCUT2D eigenvalue weighted by Gasteiger charge is -2.25. The van der Waals surface area contributed by atoms with E-state index in [-0.39, 0.29) is 0 Å². The lowest BCUT2D eigenvalue weighted by Crippen LogP contribution is -2.31. The summed E-state index contributed by atoms with van der Waals surface area (Å²) in [7, 11) is 7.25. The molecule has 2 rings (SSSR count). The Labute approximate surface area is 177 Å². The Balaban J connectivity index is 1.88. The van der Waals surface area contributed by atoms with E-state index in [9.17, 15) is 0 Å². The first-order valence-corrected chi connectivity index (χ1v) is 10.3. The van der Waals surface area contributed by atoms with Gasteiger partial charge in [-0.15, -0.1) is 0 Å². The zero-order chi connectivity index (χ0) is 19.8. The van der Waals surface area contributed by atoms with Crippen molar-refractivity contribution < 1.29 is 14.2 Å². The van der Waals surface area contributed by atoms with Gasteiger partial charge in [-0.25, -0.2) is 0 Å². The van der Waals surface area contributed by atoms with Gasteiger partial charge < -0.3 is 19.1 Å². The minimum Gasteiger partial charge on any atom is -0.497 e. The third-order valence-electron chi connectivity index (χ3n) is 5.04. The van der Waals surface area contributed by atoms with Crippen molar-refractivity contribution >= 4 is 22.6 Å². The molecule has 0 spiro atoms. The van der Waals surface area contributed by atoms with Gasteiger partial charge >= 0.3 is 0 Å². The second kappa shape index (κ2) is 10.8. The molecule has 148 valence electrons. The van der Waals surface area contributed by atoms with Crippen molar-refractivity contribution in [3.05, 3.63) is 51.1 Å². The summed E-state index contributed by atoms with van der Waals surface area (Å²) in [5, 5.41) is 0. The molecule has 0 radical (unpaired) electrons. The molecule has 1 unspecified atom stereocenters. The highest BCUT2D eigenvalue weighted by Crippen LogP contribution is 2.28. The van der Waals surface area contributed by atoms with Crippen molar-refractivity contribution in [1.82, 2.24) is 4.90 Å². The summed E-state index contributed by atoms with van der Waals surface area (Å²) in [6.07, 6.45) is 3.15. The minimum atomic E-state index is 0.507. The molecule has 27 heavy (non-hydrogen) atoms. The molecule has 1 atom stereocenters. The first kappa shape index (κ1) is 21.8. The first-order valence-electron chi connectivity index (χ1n) is 9.22. The third-order valence-corrected chi connectivity index (χ3v) is 6.09. The average molecular weight is 483 g/mol. The second-order valence-electron chi connectivity index (χ2n) is 6.76. The molecule has 0 bridgehead atoms. The van der Waals surface area contributed by atoms with Gasteiger partial charge in [0.2, 0.25) is 0 Å². The quantitative estimate of drug-likeness (QED) is 0.454. The molecule has 5 heteroatoms. The van der Waals surface area contributed by atoms with Gasteiger partial charge in [-0.1, -0.05) is 6.07 Å². The van der Waals surface area contributed by atoms with E-state index in [1.54, 1.807) is 21.3 Å². The summed E-state index contributed by atoms with van der Waals surface area (Å²) in [4.78, 5) is 2.42. The Kier molecular flexibility index (Phi) is 8.70. The Bertz CT molecular complexity index is 735. The molecule has 4 nitrogen and oxygen atoms in total. The lowest BCUT2D eigenvalue weighted by atomic mass is 10.0. The summed E-state index contributed by atoms with van der Waals surface area (Å²) >= 11 is 2.40. The molecule has 0 aromatic heterocycles. The van der Waals surface area contributed by atoms with Crippen molar-refractivity contribution in [2.45, 2.75) is 32.2 Å². The largest absolute Gasteiger partial charge is 0.497 e. The molecule has 0 aliphatic carbocycles. The van der Waals surface area contributed by atoms with Crippen LogP contribution in [-0.2, 0) is 12.8 Å². The normalized spacial score (nSPS) is 12.1. The number of rotatable bonds is 10. The Morgan fingerprint density at radius 2 is 1.67 bits per heavy atom. The zero-order valence-corrected chi connectivity index (χ0v) is 19.1. The van der Waals surface area contributed by atoms with E-state index in [1.807, 2.05) is 12.1 Å². The number of likely N-dealkylation sites (N-methyl/N-ethyl adjacent to an activating group) is 1. The molecule has 0 saturated carbocycles. The van der Waals surface area contributed by atoms with Gasteiger partial charge in [0.1, 0.15) is 5.75 Å². The van der Waals surface area contributed by atoms with Crippen molar-refractivity contribution in [2.24, 2.45) is 0 Å². The van der Waals surface area contributed by atoms with Crippen molar-refractivity contribution in [1.29, 1.82) is 0 Å². The number of nitrogens with zero attached hydrogens (tertiary/aromatic N) is 1. The molecule has 0 heterocycles. The minimum absolute atomic E-state index is 0.507. The fourth-order valence-electron chi connectivity index (χ4n) is 3.02. The number of hydrogen-bond donors (Lipinski definition) is 0. The predicted molar refractivity (Wildman–Crippen MR) is 119 cm³/mol. The zero-order valence-electron chi connectivity index (χ0n) is 16.9. The van der Waals surface area contributed by atoms with Crippen molar-refractivity contribution in [3.8, 4) is 17.2 Å². The van der Waals surface area contributed by atoms with E-state index in [1.165, 1.54) is 14.7 Å². The number of aryl methyl sites for hydroxylation is 1. The number of hydrogen-bond acceptors (Lipinski definition) is 4. The van der Waals surface area contributed by atoms with Crippen LogP contribution >= 0.6 is 22.6 Å². The van der Waals surface area contributed by atoms with Gasteiger partial charge in [0.05, 0.1) is 21.3 Å². The summed E-state index contributed by atoms with van der Waals surface area (Å²) in [5.74, 6) is 2.49. The van der Waals surface area contributed by atoms with Gasteiger partial charge in [-0.2, -0.15) is 0 Å². The van der Waals surface area contributed by atoms with Crippen molar-refractivity contribution in [3.63, 3.8) is 0 Å². The Morgan fingerprint density at radius 3 is 2.33 bits per heavy atom. The average Bonchev–Trinajstić information content (AvgIpc) is 2.70. The van der Waals surface area contributed by atoms with Crippen LogP contribution in [0.3, 0.4) is 0 Å². The van der Waals surface area contributed by atoms with E-state index in [4.69, 9.17) is 14.2 Å². The van der Waals surface area contributed by atoms with Gasteiger partial charge in [0.15, 0.2) is 11.5 Å². The summed E-state index contributed by atoms with van der Waals surface area (Å²) in [5.41, 5.74) is 2.61. The predicted octanol–water partition coefficient (Wildman–Crippen LogP) is 4.81. The molecule has 0 aliphatic rings. The highest BCUT2D eigenvalue weighted by atomic mass is 127. The van der Waals surface area contributed by atoms with Crippen LogP contribution in [-0.4, -0.2) is 45.9 Å². The fraction of sp³-hybridized carbons (Fsp3) is 0.455. The summed E-state index contributed by atoms with van der Waals surface area (Å²) in [6, 6.07) is 13.0. The number of halogens is 1. The fourth-order valence-corrected chi connectivity index (χ4v) is 3.62. The van der Waals surface area contributed by atoms with Crippen LogP contribution in [0, 0.1) is 3.57 Å². The maximum atomic E-state index is 5.40. The maximum absolute atomic E-state index is 5.40. The first-order chi connectivity index (χ1) is 13.0. The van der Waals surface area contributed by atoms with E-state index in [0.717, 1.165) is 43.1 Å². The van der Waals surface area contributed by atoms with Gasteiger partial charge in [0.25, 0.3) is 0 Å². The molecular weight excluding hydrogens is 453 g/mol. The van der Waals surface area contributed by atoms with Crippen LogP contribution in [0.15, 0.2) is 36.4 Å². The Morgan fingerprint density at radius 1 is 0.926 bits per heavy atom. The number of ether oxygens (including phenoxy) is 3. The molecule has 0 amide bonds. The molecular formula is C22H30INO3. The number of methoxy groups -OCH3 is 3. The van der Waals surface area contributed by atoms with Crippen LogP contribution < -0.4 is 14.2 Å². The van der Waals surface area contributed by atoms with Gasteiger partial charge in [0, 0.05) is 16.2 Å². The van der Waals surface area contributed by atoms with E-state index in [2.05, 4.69) is 65.7 Å². The molecule has 0 N–H and O–H groups in total. The van der Waals surface area contributed by atoms with E-state index in [0.29, 0.717) is 6.04 Å². The topological polar surface area (TPSA) is 30.9 Å². The molecule has 0 aliphatic heterocycles. The van der Waals surface area contributed by atoms with Gasteiger partial charge in [-0.05, 0) is 97.3 Å². The van der Waals surface area contributed by atoms with E-state index < -0.39 is 0 Å². The molecule has 2 aromatic carbocycles. The molecule has 0 fully saturated rings.